The number of carboxylic acids is 1. The average molecular weight is 293 g/mol. The van der Waals surface area contributed by atoms with E-state index in [0.717, 1.165) is 21.8 Å². The van der Waals surface area contributed by atoms with Gasteiger partial charge < -0.3 is 10.0 Å². The molecule has 0 aliphatic heterocycles. The van der Waals surface area contributed by atoms with Gasteiger partial charge in [-0.3, -0.25) is 9.48 Å². The predicted octanol–water partition coefficient (Wildman–Crippen LogP) is 1.22. The van der Waals surface area contributed by atoms with E-state index in [9.17, 15) is 22.8 Å². The van der Waals surface area contributed by atoms with Gasteiger partial charge in [0.15, 0.2) is 5.69 Å². The second kappa shape index (κ2) is 5.14. The molecule has 0 aliphatic carbocycles. The quantitative estimate of drug-likeness (QED) is 0.905. The number of likely N-dealkylation sites (N-methyl/N-ethyl adjacent to an activating group) is 1. The third-order valence-electron chi connectivity index (χ3n) is 2.96. The highest BCUT2D eigenvalue weighted by molar-refractivity contribution is 5.86. The van der Waals surface area contributed by atoms with Gasteiger partial charge >= 0.3 is 12.1 Å². The van der Waals surface area contributed by atoms with E-state index in [1.807, 2.05) is 0 Å². The number of carbonyl (C=O) groups is 2. The zero-order valence-corrected chi connectivity index (χ0v) is 11.1. The smallest absolute Gasteiger partial charge is 0.435 e. The Morgan fingerprint density at radius 1 is 1.40 bits per heavy atom. The number of carboxylic acid groups (broad SMARTS) is 1. The van der Waals surface area contributed by atoms with Crippen LogP contribution < -0.4 is 0 Å². The van der Waals surface area contributed by atoms with Crippen molar-refractivity contribution in [1.29, 1.82) is 0 Å². The highest BCUT2D eigenvalue weighted by Crippen LogP contribution is 2.27. The SMILES string of the molecule is CN(C(=O)Cn1ccc(C(F)(F)F)n1)C(C)(C)C(=O)O. The van der Waals surface area contributed by atoms with Gasteiger partial charge in [-0.05, 0) is 19.9 Å². The molecule has 0 spiro atoms. The summed E-state index contributed by atoms with van der Waals surface area (Å²) in [7, 11) is 1.27. The Labute approximate surface area is 112 Å². The number of hydrogen-bond acceptors (Lipinski definition) is 3. The molecule has 0 saturated carbocycles. The molecule has 9 heteroatoms. The Morgan fingerprint density at radius 2 is 1.95 bits per heavy atom. The van der Waals surface area contributed by atoms with Gasteiger partial charge in [0.1, 0.15) is 12.1 Å². The van der Waals surface area contributed by atoms with Gasteiger partial charge in [-0.1, -0.05) is 0 Å². The summed E-state index contributed by atoms with van der Waals surface area (Å²) in [5.41, 5.74) is -2.57. The molecular formula is C11H14F3N3O3. The molecule has 1 rings (SSSR count). The number of amides is 1. The van der Waals surface area contributed by atoms with E-state index < -0.39 is 35.8 Å². The zero-order chi connectivity index (χ0) is 15.7. The predicted molar refractivity (Wildman–Crippen MR) is 61.7 cm³/mol. The van der Waals surface area contributed by atoms with Crippen LogP contribution >= 0.6 is 0 Å². The second-order valence-corrected chi connectivity index (χ2v) is 4.71. The Morgan fingerprint density at radius 3 is 2.35 bits per heavy atom. The van der Waals surface area contributed by atoms with E-state index in [1.54, 1.807) is 0 Å². The van der Waals surface area contributed by atoms with Crippen molar-refractivity contribution in [2.24, 2.45) is 0 Å². The largest absolute Gasteiger partial charge is 0.480 e. The maximum absolute atomic E-state index is 12.3. The van der Waals surface area contributed by atoms with Crippen LogP contribution in [0.3, 0.4) is 0 Å². The number of aromatic nitrogens is 2. The number of nitrogens with zero attached hydrogens (tertiary/aromatic N) is 3. The standard InChI is InChI=1S/C11H14F3N3O3/c1-10(2,9(19)20)16(3)8(18)6-17-5-4-7(15-17)11(12,13)14/h4-5H,6H2,1-3H3,(H,19,20). The second-order valence-electron chi connectivity index (χ2n) is 4.71. The lowest BCUT2D eigenvalue weighted by molar-refractivity contribution is -0.155. The molecule has 0 radical (unpaired) electrons. The normalized spacial score (nSPS) is 12.3. The number of carbonyl (C=O) groups excluding carboxylic acids is 1. The minimum atomic E-state index is -4.58. The molecule has 0 bridgehead atoms. The molecule has 1 aromatic heterocycles. The Bertz CT molecular complexity index is 522. The van der Waals surface area contributed by atoms with Crippen molar-refractivity contribution in [3.05, 3.63) is 18.0 Å². The van der Waals surface area contributed by atoms with Crippen LogP contribution in [0.4, 0.5) is 13.2 Å². The first-order chi connectivity index (χ1) is 8.96. The van der Waals surface area contributed by atoms with E-state index in [2.05, 4.69) is 5.10 Å². The lowest BCUT2D eigenvalue weighted by Crippen LogP contribution is -2.51. The molecule has 20 heavy (non-hydrogen) atoms. The summed E-state index contributed by atoms with van der Waals surface area (Å²) in [4.78, 5) is 23.8. The molecule has 112 valence electrons. The fraction of sp³-hybridized carbons (Fsp3) is 0.545. The molecule has 0 atom stereocenters. The van der Waals surface area contributed by atoms with Crippen LogP contribution in [0.15, 0.2) is 12.3 Å². The lowest BCUT2D eigenvalue weighted by atomic mass is 10.0. The molecule has 0 unspecified atom stereocenters. The van der Waals surface area contributed by atoms with Gasteiger partial charge in [-0.25, -0.2) is 4.79 Å². The molecule has 1 N–H and O–H groups in total. The first kappa shape index (κ1) is 16.0. The van der Waals surface area contributed by atoms with Crippen LogP contribution in [0.2, 0.25) is 0 Å². The summed E-state index contributed by atoms with van der Waals surface area (Å²) in [6, 6.07) is 0.746. The van der Waals surface area contributed by atoms with Crippen LogP contribution in [-0.4, -0.2) is 44.3 Å². The van der Waals surface area contributed by atoms with Crippen molar-refractivity contribution in [2.45, 2.75) is 32.1 Å². The van der Waals surface area contributed by atoms with E-state index in [4.69, 9.17) is 5.11 Å². The number of hydrogen-bond donors (Lipinski definition) is 1. The summed E-state index contributed by atoms with van der Waals surface area (Å²) in [6.45, 7) is 2.16. The third-order valence-corrected chi connectivity index (χ3v) is 2.96. The molecular weight excluding hydrogens is 279 g/mol. The Hall–Kier alpha value is -2.06. The van der Waals surface area contributed by atoms with Crippen molar-refractivity contribution in [3.63, 3.8) is 0 Å². The molecule has 6 nitrogen and oxygen atoms in total. The van der Waals surface area contributed by atoms with E-state index >= 15 is 0 Å². The van der Waals surface area contributed by atoms with Gasteiger partial charge in [-0.2, -0.15) is 18.3 Å². The first-order valence-corrected chi connectivity index (χ1v) is 5.57. The van der Waals surface area contributed by atoms with E-state index in [1.165, 1.54) is 20.9 Å². The Balaban J connectivity index is 2.82. The van der Waals surface area contributed by atoms with Gasteiger partial charge in [0.2, 0.25) is 5.91 Å². The maximum Gasteiger partial charge on any atom is 0.435 e. The summed E-state index contributed by atoms with van der Waals surface area (Å²) < 4.78 is 37.8. The number of aliphatic carboxylic acids is 1. The molecule has 0 aliphatic rings. The topological polar surface area (TPSA) is 75.4 Å². The number of halogens is 3. The fourth-order valence-electron chi connectivity index (χ4n) is 1.30. The van der Waals surface area contributed by atoms with E-state index in [0.29, 0.717) is 0 Å². The average Bonchev–Trinajstić information content (AvgIpc) is 2.75. The van der Waals surface area contributed by atoms with Crippen molar-refractivity contribution in [3.8, 4) is 0 Å². The maximum atomic E-state index is 12.3. The van der Waals surface area contributed by atoms with Crippen molar-refractivity contribution < 1.29 is 27.9 Å². The van der Waals surface area contributed by atoms with Crippen LogP contribution in [0.1, 0.15) is 19.5 Å². The molecule has 0 saturated heterocycles. The number of rotatable bonds is 4. The molecule has 1 amide bonds. The third kappa shape index (κ3) is 3.28. The number of alkyl halides is 3. The first-order valence-electron chi connectivity index (χ1n) is 5.57. The van der Waals surface area contributed by atoms with Crippen LogP contribution in [0, 0.1) is 0 Å². The van der Waals surface area contributed by atoms with Crippen molar-refractivity contribution in [2.75, 3.05) is 7.05 Å². The molecule has 1 heterocycles. The monoisotopic (exact) mass is 293 g/mol. The van der Waals surface area contributed by atoms with Gasteiger partial charge in [0.05, 0.1) is 0 Å². The zero-order valence-electron chi connectivity index (χ0n) is 11.1. The van der Waals surface area contributed by atoms with Gasteiger partial charge in [0, 0.05) is 13.2 Å². The minimum absolute atomic E-state index is 0.469. The van der Waals surface area contributed by atoms with Gasteiger partial charge in [0.25, 0.3) is 0 Å². The fourth-order valence-corrected chi connectivity index (χ4v) is 1.30. The summed E-state index contributed by atoms with van der Waals surface area (Å²) >= 11 is 0. The molecule has 1 aromatic rings. The summed E-state index contributed by atoms with van der Waals surface area (Å²) in [5, 5.41) is 12.2. The summed E-state index contributed by atoms with van der Waals surface area (Å²) in [6.07, 6.45) is -3.57. The van der Waals surface area contributed by atoms with Crippen LogP contribution in [-0.2, 0) is 22.3 Å². The van der Waals surface area contributed by atoms with Crippen molar-refractivity contribution in [1.82, 2.24) is 14.7 Å². The van der Waals surface area contributed by atoms with E-state index in [-0.39, 0.29) is 0 Å². The minimum Gasteiger partial charge on any atom is -0.480 e. The van der Waals surface area contributed by atoms with Gasteiger partial charge in [-0.15, -0.1) is 0 Å². The molecule has 0 aromatic carbocycles. The van der Waals surface area contributed by atoms with Crippen LogP contribution in [0.5, 0.6) is 0 Å². The summed E-state index contributed by atoms with van der Waals surface area (Å²) in [5.74, 6) is -1.88. The highest BCUT2D eigenvalue weighted by atomic mass is 19.4. The van der Waals surface area contributed by atoms with Crippen molar-refractivity contribution >= 4 is 11.9 Å². The lowest BCUT2D eigenvalue weighted by Gasteiger charge is -2.31. The Kier molecular flexibility index (Phi) is 4.11. The van der Waals surface area contributed by atoms with Crippen LogP contribution in [0.25, 0.3) is 0 Å². The molecule has 0 fully saturated rings. The highest BCUT2D eigenvalue weighted by Gasteiger charge is 2.36.